The Morgan fingerprint density at radius 2 is 1.96 bits per heavy atom. The summed E-state index contributed by atoms with van der Waals surface area (Å²) in [6.45, 7) is -0.765. The van der Waals surface area contributed by atoms with Crippen molar-refractivity contribution in [3.05, 3.63) is 42.4 Å². The number of aromatic nitrogens is 3. The van der Waals surface area contributed by atoms with Crippen molar-refractivity contribution in [3.63, 3.8) is 0 Å². The lowest BCUT2D eigenvalue weighted by Gasteiger charge is -2.35. The molecule has 0 spiro atoms. The highest BCUT2D eigenvalue weighted by Crippen LogP contribution is 2.43. The van der Waals surface area contributed by atoms with Crippen molar-refractivity contribution in [2.24, 2.45) is 5.92 Å². The Kier molecular flexibility index (Phi) is 4.60. The van der Waals surface area contributed by atoms with Crippen LogP contribution in [0, 0.1) is 12.8 Å². The number of nitrogens with zero attached hydrogens (tertiary/aromatic N) is 3. The lowest BCUT2D eigenvalue weighted by atomic mass is 9.81. The Labute approximate surface area is 158 Å². The Hall–Kier alpha value is -2.84. The summed E-state index contributed by atoms with van der Waals surface area (Å²) < 4.78 is 58.0. The summed E-state index contributed by atoms with van der Waals surface area (Å²) in [5, 5.41) is 3.78. The van der Waals surface area contributed by atoms with Gasteiger partial charge in [-0.3, -0.25) is 0 Å². The smallest absolute Gasteiger partial charge is 0.388 e. The zero-order chi connectivity index (χ0) is 19.9. The molecule has 1 fully saturated rings. The summed E-state index contributed by atoms with van der Waals surface area (Å²) in [4.78, 5) is 8.16. The normalized spacial score (nSPS) is 16.4. The largest absolute Gasteiger partial charge is 0.415 e. The van der Waals surface area contributed by atoms with Crippen LogP contribution in [0.3, 0.4) is 0 Å². The van der Waals surface area contributed by atoms with E-state index in [2.05, 4.69) is 20.0 Å². The fourth-order valence-electron chi connectivity index (χ4n) is 3.55. The van der Waals surface area contributed by atoms with Crippen LogP contribution >= 0.6 is 0 Å². The first-order valence-electron chi connectivity index (χ1n) is 8.81. The van der Waals surface area contributed by atoms with E-state index < -0.39 is 12.5 Å². The molecule has 3 heterocycles. The minimum Gasteiger partial charge on any atom is -0.415 e. The minimum absolute atomic E-state index is 0.0678. The molecule has 0 radical (unpaired) electrons. The van der Waals surface area contributed by atoms with Crippen LogP contribution in [0.4, 0.5) is 29.1 Å². The van der Waals surface area contributed by atoms with Gasteiger partial charge in [-0.1, -0.05) is 0 Å². The first-order valence-corrected chi connectivity index (χ1v) is 8.81. The predicted molar refractivity (Wildman–Crippen MR) is 96.3 cm³/mol. The number of pyridine rings is 2. The standard InChI is InChI=1S/C19H18F4N4O/c1-11-2-5-25-17(28-18(20)21)15(11)26-16-13-4-7-27(14(13)3-6-24-16)10-12-8-19(22,23)9-12/h2-7,12,18H,8-10H2,1H3,(H,24,26). The van der Waals surface area contributed by atoms with Gasteiger partial charge >= 0.3 is 6.61 Å². The average Bonchev–Trinajstić information content (AvgIpc) is 3.00. The number of nitrogens with one attached hydrogen (secondary N) is 1. The van der Waals surface area contributed by atoms with Gasteiger partial charge in [-0.15, -0.1) is 0 Å². The third kappa shape index (κ3) is 3.61. The lowest BCUT2D eigenvalue weighted by Crippen LogP contribution is -2.37. The average molecular weight is 394 g/mol. The van der Waals surface area contributed by atoms with Gasteiger partial charge in [0.15, 0.2) is 0 Å². The molecule has 1 aliphatic rings. The van der Waals surface area contributed by atoms with Crippen LogP contribution in [-0.4, -0.2) is 27.1 Å². The number of anilines is 2. The Morgan fingerprint density at radius 1 is 1.21 bits per heavy atom. The van der Waals surface area contributed by atoms with Crippen LogP contribution in [0.2, 0.25) is 0 Å². The van der Waals surface area contributed by atoms with Crippen LogP contribution in [0.5, 0.6) is 5.88 Å². The third-order valence-electron chi connectivity index (χ3n) is 4.90. The molecule has 1 saturated carbocycles. The Bertz CT molecular complexity index is 997. The first kappa shape index (κ1) is 18.5. The Morgan fingerprint density at radius 3 is 2.68 bits per heavy atom. The molecule has 0 bridgehead atoms. The van der Waals surface area contributed by atoms with Crippen LogP contribution in [0.15, 0.2) is 36.8 Å². The summed E-state index contributed by atoms with van der Waals surface area (Å²) in [7, 11) is 0. The van der Waals surface area contributed by atoms with Gasteiger partial charge in [0.2, 0.25) is 11.8 Å². The predicted octanol–water partition coefficient (Wildman–Crippen LogP) is 5.13. The van der Waals surface area contributed by atoms with E-state index in [0.717, 1.165) is 10.9 Å². The number of halogens is 4. The molecule has 0 aliphatic heterocycles. The van der Waals surface area contributed by atoms with Gasteiger partial charge in [-0.2, -0.15) is 8.78 Å². The summed E-state index contributed by atoms with van der Waals surface area (Å²) in [5.74, 6) is -2.39. The second-order valence-corrected chi connectivity index (χ2v) is 7.00. The van der Waals surface area contributed by atoms with Gasteiger partial charge < -0.3 is 14.6 Å². The number of alkyl halides is 4. The molecule has 9 heteroatoms. The SMILES string of the molecule is Cc1ccnc(OC(F)F)c1Nc1nccc2c1ccn2CC1CC(F)(F)C1. The molecule has 0 amide bonds. The summed E-state index contributed by atoms with van der Waals surface area (Å²) in [6, 6.07) is 5.29. The Balaban J connectivity index is 1.62. The fraction of sp³-hybridized carbons (Fsp3) is 0.368. The maximum absolute atomic E-state index is 13.1. The number of ether oxygens (including phenoxy) is 1. The van der Waals surface area contributed by atoms with Crippen molar-refractivity contribution in [1.82, 2.24) is 14.5 Å². The van der Waals surface area contributed by atoms with E-state index in [0.29, 0.717) is 23.6 Å². The zero-order valence-electron chi connectivity index (χ0n) is 15.0. The van der Waals surface area contributed by atoms with Crippen LogP contribution in [0.1, 0.15) is 18.4 Å². The van der Waals surface area contributed by atoms with Crippen molar-refractivity contribution in [1.29, 1.82) is 0 Å². The van der Waals surface area contributed by atoms with E-state index in [1.807, 2.05) is 16.8 Å². The molecule has 0 atom stereocenters. The van der Waals surface area contributed by atoms with E-state index in [1.165, 1.54) is 6.20 Å². The number of aryl methyl sites for hydroxylation is 1. The summed E-state index contributed by atoms with van der Waals surface area (Å²) in [5.41, 5.74) is 1.79. The molecular formula is C19H18F4N4O. The first-order chi connectivity index (χ1) is 13.3. The van der Waals surface area contributed by atoms with Crippen molar-refractivity contribution >= 4 is 22.4 Å². The molecule has 0 aromatic carbocycles. The molecule has 0 unspecified atom stereocenters. The monoisotopic (exact) mass is 394 g/mol. The van der Waals surface area contributed by atoms with Crippen LogP contribution in [0.25, 0.3) is 10.9 Å². The van der Waals surface area contributed by atoms with Crippen molar-refractivity contribution in [2.75, 3.05) is 5.32 Å². The van der Waals surface area contributed by atoms with Crippen LogP contribution in [-0.2, 0) is 6.54 Å². The molecule has 1 N–H and O–H groups in total. The van der Waals surface area contributed by atoms with Crippen molar-refractivity contribution < 1.29 is 22.3 Å². The highest BCUT2D eigenvalue weighted by Gasteiger charge is 2.45. The number of fused-ring (bicyclic) bond motifs is 1. The molecular weight excluding hydrogens is 376 g/mol. The van der Waals surface area contributed by atoms with Crippen molar-refractivity contribution in [2.45, 2.75) is 38.8 Å². The molecule has 1 aliphatic carbocycles. The maximum Gasteiger partial charge on any atom is 0.388 e. The highest BCUT2D eigenvalue weighted by molar-refractivity contribution is 5.92. The highest BCUT2D eigenvalue weighted by atomic mass is 19.3. The molecule has 4 rings (SSSR count). The minimum atomic E-state index is -3.00. The fourth-order valence-corrected chi connectivity index (χ4v) is 3.55. The quantitative estimate of drug-likeness (QED) is 0.589. The number of hydrogen-bond donors (Lipinski definition) is 1. The van der Waals surface area contributed by atoms with Gasteiger partial charge in [0, 0.05) is 43.4 Å². The molecule has 5 nitrogen and oxygen atoms in total. The molecule has 0 saturated heterocycles. The number of rotatable bonds is 6. The second kappa shape index (κ2) is 6.96. The van der Waals surface area contributed by atoms with E-state index >= 15 is 0 Å². The molecule has 3 aromatic rings. The zero-order valence-corrected chi connectivity index (χ0v) is 15.0. The number of hydrogen-bond acceptors (Lipinski definition) is 4. The van der Waals surface area contributed by atoms with E-state index in [-0.39, 0.29) is 24.6 Å². The lowest BCUT2D eigenvalue weighted by molar-refractivity contribution is -0.113. The summed E-state index contributed by atoms with van der Waals surface area (Å²) in [6.07, 6.45) is 4.58. The molecule has 148 valence electrons. The van der Waals surface area contributed by atoms with E-state index in [9.17, 15) is 17.6 Å². The topological polar surface area (TPSA) is 52.0 Å². The van der Waals surface area contributed by atoms with Gasteiger partial charge in [0.1, 0.15) is 11.5 Å². The van der Waals surface area contributed by atoms with Gasteiger partial charge in [0.05, 0.1) is 5.52 Å². The molecule has 3 aromatic heterocycles. The molecule has 28 heavy (non-hydrogen) atoms. The van der Waals surface area contributed by atoms with E-state index in [1.54, 1.807) is 25.3 Å². The second-order valence-electron chi connectivity index (χ2n) is 7.00. The van der Waals surface area contributed by atoms with Gasteiger partial charge in [-0.05, 0) is 36.6 Å². The van der Waals surface area contributed by atoms with Crippen LogP contribution < -0.4 is 10.1 Å². The third-order valence-corrected chi connectivity index (χ3v) is 4.90. The van der Waals surface area contributed by atoms with E-state index in [4.69, 9.17) is 0 Å². The van der Waals surface area contributed by atoms with Gasteiger partial charge in [0.25, 0.3) is 0 Å². The summed E-state index contributed by atoms with van der Waals surface area (Å²) >= 11 is 0. The van der Waals surface area contributed by atoms with Crippen molar-refractivity contribution in [3.8, 4) is 5.88 Å². The maximum atomic E-state index is 13.1. The van der Waals surface area contributed by atoms with Gasteiger partial charge in [-0.25, -0.2) is 18.7 Å².